The molecular weight excluding hydrogens is 280 g/mol. The van der Waals surface area contributed by atoms with Crippen LogP contribution in [0, 0.1) is 13.8 Å². The van der Waals surface area contributed by atoms with Crippen LogP contribution in [0.4, 0.5) is 0 Å². The van der Waals surface area contributed by atoms with Crippen molar-refractivity contribution in [2.24, 2.45) is 0 Å². The van der Waals surface area contributed by atoms with Gasteiger partial charge in [0.15, 0.2) is 12.4 Å². The predicted octanol–water partition coefficient (Wildman–Crippen LogP) is 1.84. The summed E-state index contributed by atoms with van der Waals surface area (Å²) >= 11 is 0. The molecule has 22 heavy (non-hydrogen) atoms. The van der Waals surface area contributed by atoms with E-state index in [9.17, 15) is 0 Å². The van der Waals surface area contributed by atoms with Gasteiger partial charge in [-0.1, -0.05) is 11.2 Å². The maximum absolute atomic E-state index is 5.73. The molecule has 1 atom stereocenters. The van der Waals surface area contributed by atoms with Crippen LogP contribution >= 0.6 is 0 Å². The van der Waals surface area contributed by atoms with Crippen molar-refractivity contribution in [2.45, 2.75) is 26.5 Å². The Morgan fingerprint density at radius 3 is 3.00 bits per heavy atom. The minimum absolute atomic E-state index is 0.160. The first-order chi connectivity index (χ1) is 10.6. The van der Waals surface area contributed by atoms with Crippen LogP contribution in [-0.2, 0) is 6.61 Å². The second-order valence-corrected chi connectivity index (χ2v) is 5.78. The quantitative estimate of drug-likeness (QED) is 0.930. The van der Waals surface area contributed by atoms with Crippen LogP contribution in [-0.4, -0.2) is 41.7 Å². The van der Waals surface area contributed by atoms with Gasteiger partial charge >= 0.3 is 0 Å². The molecule has 0 radical (unpaired) electrons. The summed E-state index contributed by atoms with van der Waals surface area (Å²) in [6.07, 6.45) is 0. The molecule has 3 rings (SSSR count). The molecule has 0 amide bonds. The maximum Gasteiger partial charge on any atom is 0.264 e. The monoisotopic (exact) mass is 302 g/mol. The van der Waals surface area contributed by atoms with E-state index in [1.807, 2.05) is 18.2 Å². The summed E-state index contributed by atoms with van der Waals surface area (Å²) in [5.74, 6) is 2.04. The van der Waals surface area contributed by atoms with Crippen LogP contribution < -0.4 is 10.1 Å². The first kappa shape index (κ1) is 15.0. The SMILES string of the molecule is Cc1ccc(OCc2nc(C3CNCCN3C)no2)cc1C. The van der Waals surface area contributed by atoms with Gasteiger partial charge in [0, 0.05) is 19.6 Å². The smallest absolute Gasteiger partial charge is 0.264 e. The molecule has 2 aromatic rings. The van der Waals surface area contributed by atoms with Gasteiger partial charge in [-0.15, -0.1) is 0 Å². The highest BCUT2D eigenvalue weighted by molar-refractivity contribution is 5.33. The van der Waals surface area contributed by atoms with E-state index >= 15 is 0 Å². The molecule has 1 saturated heterocycles. The van der Waals surface area contributed by atoms with Crippen LogP contribution in [0.15, 0.2) is 22.7 Å². The third kappa shape index (κ3) is 3.28. The molecule has 118 valence electrons. The Morgan fingerprint density at radius 2 is 2.23 bits per heavy atom. The Kier molecular flexibility index (Phi) is 4.40. The van der Waals surface area contributed by atoms with Gasteiger partial charge in [0.2, 0.25) is 0 Å². The van der Waals surface area contributed by atoms with Gasteiger partial charge < -0.3 is 14.6 Å². The number of aromatic nitrogens is 2. The number of nitrogens with zero attached hydrogens (tertiary/aromatic N) is 3. The van der Waals surface area contributed by atoms with Gasteiger partial charge in [0.1, 0.15) is 5.75 Å². The summed E-state index contributed by atoms with van der Waals surface area (Å²) in [6.45, 7) is 7.26. The molecule has 1 aromatic heterocycles. The summed E-state index contributed by atoms with van der Waals surface area (Å²) in [4.78, 5) is 6.69. The fourth-order valence-corrected chi connectivity index (χ4v) is 2.51. The van der Waals surface area contributed by atoms with E-state index in [-0.39, 0.29) is 6.04 Å². The molecule has 0 spiro atoms. The number of aryl methyl sites for hydroxylation is 2. The number of likely N-dealkylation sites (N-methyl/N-ethyl adjacent to an activating group) is 1. The second-order valence-electron chi connectivity index (χ2n) is 5.78. The van der Waals surface area contributed by atoms with Gasteiger partial charge in [0.25, 0.3) is 5.89 Å². The van der Waals surface area contributed by atoms with Gasteiger partial charge in [0.05, 0.1) is 6.04 Å². The summed E-state index contributed by atoms with van der Waals surface area (Å²) in [7, 11) is 2.08. The summed E-state index contributed by atoms with van der Waals surface area (Å²) in [5.41, 5.74) is 2.46. The lowest BCUT2D eigenvalue weighted by atomic mass is 10.1. The van der Waals surface area contributed by atoms with Crippen LogP contribution in [0.5, 0.6) is 5.75 Å². The molecule has 1 unspecified atom stereocenters. The molecule has 1 aliphatic rings. The van der Waals surface area contributed by atoms with Crippen LogP contribution in [0.3, 0.4) is 0 Å². The standard InChI is InChI=1S/C16H22N4O2/c1-11-4-5-13(8-12(11)2)21-10-15-18-16(19-22-15)14-9-17-6-7-20(14)3/h4-5,8,14,17H,6-7,9-10H2,1-3H3. The highest BCUT2D eigenvalue weighted by Crippen LogP contribution is 2.20. The fraction of sp³-hybridized carbons (Fsp3) is 0.500. The van der Waals surface area contributed by atoms with Crippen molar-refractivity contribution in [1.82, 2.24) is 20.4 Å². The number of nitrogens with one attached hydrogen (secondary N) is 1. The Balaban J connectivity index is 1.63. The van der Waals surface area contributed by atoms with Crippen molar-refractivity contribution < 1.29 is 9.26 Å². The minimum atomic E-state index is 0.160. The minimum Gasteiger partial charge on any atom is -0.484 e. The lowest BCUT2D eigenvalue weighted by molar-refractivity contribution is 0.189. The normalized spacial score (nSPS) is 19.3. The summed E-state index contributed by atoms with van der Waals surface area (Å²) in [5, 5.41) is 7.43. The fourth-order valence-electron chi connectivity index (χ4n) is 2.51. The highest BCUT2D eigenvalue weighted by Gasteiger charge is 2.25. The van der Waals surface area contributed by atoms with Gasteiger partial charge in [-0.3, -0.25) is 4.90 Å². The molecule has 0 saturated carbocycles. The second kappa shape index (κ2) is 6.46. The maximum atomic E-state index is 5.73. The van der Waals surface area contributed by atoms with E-state index in [4.69, 9.17) is 9.26 Å². The van der Waals surface area contributed by atoms with E-state index < -0.39 is 0 Å². The van der Waals surface area contributed by atoms with Gasteiger partial charge in [-0.2, -0.15) is 4.98 Å². The van der Waals surface area contributed by atoms with Crippen molar-refractivity contribution in [3.05, 3.63) is 41.0 Å². The average molecular weight is 302 g/mol. The Morgan fingerprint density at radius 1 is 1.36 bits per heavy atom. The molecule has 1 aromatic carbocycles. The third-order valence-corrected chi connectivity index (χ3v) is 4.13. The van der Waals surface area contributed by atoms with E-state index in [2.05, 4.69) is 41.3 Å². The lowest BCUT2D eigenvalue weighted by Crippen LogP contribution is -2.44. The Hall–Kier alpha value is -1.92. The number of ether oxygens (including phenoxy) is 1. The van der Waals surface area contributed by atoms with Crippen molar-refractivity contribution in [3.8, 4) is 5.75 Å². The molecule has 1 N–H and O–H groups in total. The Bertz CT molecular complexity index is 641. The number of hydrogen-bond donors (Lipinski definition) is 1. The molecule has 2 heterocycles. The van der Waals surface area contributed by atoms with Crippen molar-refractivity contribution in [1.29, 1.82) is 0 Å². The molecular formula is C16H22N4O2. The molecule has 6 heteroatoms. The van der Waals surface area contributed by atoms with Crippen LogP contribution in [0.1, 0.15) is 28.9 Å². The molecule has 0 aliphatic carbocycles. The van der Waals surface area contributed by atoms with E-state index in [1.54, 1.807) is 0 Å². The highest BCUT2D eigenvalue weighted by atomic mass is 16.5. The number of piperazine rings is 1. The largest absolute Gasteiger partial charge is 0.484 e. The predicted molar refractivity (Wildman–Crippen MR) is 82.8 cm³/mol. The first-order valence-corrected chi connectivity index (χ1v) is 7.57. The molecule has 6 nitrogen and oxygen atoms in total. The number of benzene rings is 1. The summed E-state index contributed by atoms with van der Waals surface area (Å²) < 4.78 is 11.0. The van der Waals surface area contributed by atoms with E-state index in [1.165, 1.54) is 11.1 Å². The van der Waals surface area contributed by atoms with E-state index in [0.717, 1.165) is 25.4 Å². The zero-order valence-electron chi connectivity index (χ0n) is 13.3. The number of hydrogen-bond acceptors (Lipinski definition) is 6. The van der Waals surface area contributed by atoms with E-state index in [0.29, 0.717) is 18.3 Å². The van der Waals surface area contributed by atoms with Gasteiger partial charge in [-0.25, -0.2) is 0 Å². The summed E-state index contributed by atoms with van der Waals surface area (Å²) in [6, 6.07) is 6.18. The third-order valence-electron chi connectivity index (χ3n) is 4.13. The van der Waals surface area contributed by atoms with Crippen molar-refractivity contribution in [3.63, 3.8) is 0 Å². The van der Waals surface area contributed by atoms with Crippen molar-refractivity contribution in [2.75, 3.05) is 26.7 Å². The Labute approximate surface area is 130 Å². The first-order valence-electron chi connectivity index (χ1n) is 7.57. The molecule has 1 aliphatic heterocycles. The average Bonchev–Trinajstić information content (AvgIpc) is 2.98. The lowest BCUT2D eigenvalue weighted by Gasteiger charge is -2.30. The van der Waals surface area contributed by atoms with Crippen LogP contribution in [0.2, 0.25) is 0 Å². The zero-order valence-corrected chi connectivity index (χ0v) is 13.3. The topological polar surface area (TPSA) is 63.4 Å². The van der Waals surface area contributed by atoms with Crippen LogP contribution in [0.25, 0.3) is 0 Å². The molecule has 0 bridgehead atoms. The molecule has 1 fully saturated rings. The zero-order chi connectivity index (χ0) is 15.5. The van der Waals surface area contributed by atoms with Crippen molar-refractivity contribution >= 4 is 0 Å². The van der Waals surface area contributed by atoms with Gasteiger partial charge in [-0.05, 0) is 44.2 Å². The number of rotatable bonds is 4.